The van der Waals surface area contributed by atoms with Gasteiger partial charge in [-0.3, -0.25) is 4.98 Å². The molecule has 0 radical (unpaired) electrons. The second-order valence-electron chi connectivity index (χ2n) is 6.37. The second kappa shape index (κ2) is 5.77. The Morgan fingerprint density at radius 3 is 2.88 bits per heavy atom. The van der Waals surface area contributed by atoms with Gasteiger partial charge in [0.15, 0.2) is 11.5 Å². The van der Waals surface area contributed by atoms with Gasteiger partial charge in [-0.2, -0.15) is 9.61 Å². The van der Waals surface area contributed by atoms with Gasteiger partial charge in [0.2, 0.25) is 0 Å². The average Bonchev–Trinajstić information content (AvgIpc) is 3.32. The lowest BCUT2D eigenvalue weighted by Crippen LogP contribution is -2.01. The molecule has 0 atom stereocenters. The van der Waals surface area contributed by atoms with E-state index in [0.29, 0.717) is 6.42 Å². The molecule has 126 valence electrons. The molecule has 1 N–H and O–H groups in total. The molecule has 0 spiro atoms. The quantitative estimate of drug-likeness (QED) is 0.545. The van der Waals surface area contributed by atoms with Crippen molar-refractivity contribution in [2.45, 2.75) is 13.3 Å². The highest BCUT2D eigenvalue weighted by Crippen LogP contribution is 2.23. The maximum Gasteiger partial charge on any atom is 0.177 e. The van der Waals surface area contributed by atoms with E-state index in [0.717, 1.165) is 44.9 Å². The molecule has 0 aliphatic rings. The number of H-pyrrole nitrogens is 1. The summed E-state index contributed by atoms with van der Waals surface area (Å²) in [6.45, 7) is 1.97. The van der Waals surface area contributed by atoms with Crippen LogP contribution >= 0.6 is 0 Å². The van der Waals surface area contributed by atoms with E-state index in [1.165, 1.54) is 0 Å². The molecule has 6 heteroatoms. The summed E-state index contributed by atoms with van der Waals surface area (Å²) in [5.74, 6) is 0.830. The Hall–Kier alpha value is -3.54. The van der Waals surface area contributed by atoms with Crippen LogP contribution < -0.4 is 0 Å². The maximum absolute atomic E-state index is 4.57. The molecule has 26 heavy (non-hydrogen) atoms. The van der Waals surface area contributed by atoms with Gasteiger partial charge >= 0.3 is 0 Å². The molecule has 0 aliphatic carbocycles. The minimum absolute atomic E-state index is 0.667. The molecule has 0 unspecified atom stereocenters. The first kappa shape index (κ1) is 14.8. The summed E-state index contributed by atoms with van der Waals surface area (Å²) in [5, 5.41) is 14.1. The number of pyridine rings is 1. The van der Waals surface area contributed by atoms with Crippen LogP contribution in [-0.4, -0.2) is 29.8 Å². The molecule has 5 aromatic rings. The number of hydrogen-bond acceptors (Lipinski definition) is 4. The molecule has 0 aliphatic heterocycles. The smallest absolute Gasteiger partial charge is 0.177 e. The predicted octanol–water partition coefficient (Wildman–Crippen LogP) is 3.57. The predicted molar refractivity (Wildman–Crippen MR) is 99.9 cm³/mol. The first-order valence-corrected chi connectivity index (χ1v) is 8.47. The van der Waals surface area contributed by atoms with Crippen molar-refractivity contribution in [2.75, 3.05) is 0 Å². The molecule has 0 fully saturated rings. The average molecular weight is 340 g/mol. The molecule has 1 aromatic carbocycles. The molecule has 4 aromatic heterocycles. The summed E-state index contributed by atoms with van der Waals surface area (Å²) in [4.78, 5) is 7.80. The minimum atomic E-state index is 0.667. The van der Waals surface area contributed by atoms with Gasteiger partial charge in [-0.05, 0) is 55.0 Å². The van der Waals surface area contributed by atoms with Gasteiger partial charge < -0.3 is 4.98 Å². The van der Waals surface area contributed by atoms with Crippen molar-refractivity contribution in [3.8, 4) is 11.3 Å². The zero-order valence-corrected chi connectivity index (χ0v) is 14.2. The van der Waals surface area contributed by atoms with Gasteiger partial charge in [-0.25, -0.2) is 0 Å². The largest absolute Gasteiger partial charge is 0.361 e. The Balaban J connectivity index is 1.55. The van der Waals surface area contributed by atoms with Crippen molar-refractivity contribution in [3.63, 3.8) is 0 Å². The van der Waals surface area contributed by atoms with Crippen LogP contribution in [0, 0.1) is 6.92 Å². The number of benzene rings is 1. The number of aromatic amines is 1. The van der Waals surface area contributed by atoms with Gasteiger partial charge in [0.1, 0.15) is 0 Å². The topological polar surface area (TPSA) is 71.8 Å². The van der Waals surface area contributed by atoms with Crippen LogP contribution in [0.2, 0.25) is 0 Å². The third-order valence-corrected chi connectivity index (χ3v) is 4.48. The van der Waals surface area contributed by atoms with Crippen LogP contribution in [0.5, 0.6) is 0 Å². The highest BCUT2D eigenvalue weighted by Gasteiger charge is 2.09. The lowest BCUT2D eigenvalue weighted by Gasteiger charge is -2.05. The summed E-state index contributed by atoms with van der Waals surface area (Å²) >= 11 is 0. The Morgan fingerprint density at radius 1 is 1.04 bits per heavy atom. The monoisotopic (exact) mass is 340 g/mol. The normalized spacial score (nSPS) is 11.4. The van der Waals surface area contributed by atoms with Crippen LogP contribution in [0.4, 0.5) is 0 Å². The highest BCUT2D eigenvalue weighted by molar-refractivity contribution is 5.83. The molecule has 5 rings (SSSR count). The minimum Gasteiger partial charge on any atom is -0.361 e. The summed E-state index contributed by atoms with van der Waals surface area (Å²) in [7, 11) is 0. The highest BCUT2D eigenvalue weighted by atomic mass is 15.4. The molecule has 0 saturated carbocycles. The zero-order chi connectivity index (χ0) is 17.5. The van der Waals surface area contributed by atoms with Crippen molar-refractivity contribution in [2.24, 2.45) is 0 Å². The number of hydrogen-bond donors (Lipinski definition) is 1. The molecule has 6 nitrogen and oxygen atoms in total. The standard InChI is InChI=1S/C20H16N6/c1-13-4-7-19-23-24-20(26(19)25-13)10-14-5-6-18-15(9-14)11-16(12-22-18)17-3-2-8-21-17/h2-9,11-12,21H,10H2,1H3. The van der Waals surface area contributed by atoms with E-state index in [-0.39, 0.29) is 0 Å². The van der Waals surface area contributed by atoms with Crippen molar-refractivity contribution in [3.05, 3.63) is 78.0 Å². The molecule has 4 heterocycles. The van der Waals surface area contributed by atoms with Crippen LogP contribution in [0.25, 0.3) is 27.8 Å². The van der Waals surface area contributed by atoms with Crippen molar-refractivity contribution >= 4 is 16.6 Å². The van der Waals surface area contributed by atoms with Crippen molar-refractivity contribution in [1.82, 2.24) is 29.8 Å². The first-order valence-electron chi connectivity index (χ1n) is 8.47. The van der Waals surface area contributed by atoms with E-state index < -0.39 is 0 Å². The summed E-state index contributed by atoms with van der Waals surface area (Å²) < 4.78 is 1.81. The van der Waals surface area contributed by atoms with Crippen molar-refractivity contribution in [1.29, 1.82) is 0 Å². The molecule has 0 bridgehead atoms. The van der Waals surface area contributed by atoms with Gasteiger partial charge in [-0.15, -0.1) is 10.2 Å². The van der Waals surface area contributed by atoms with Crippen molar-refractivity contribution < 1.29 is 0 Å². The lowest BCUT2D eigenvalue weighted by molar-refractivity contribution is 0.821. The van der Waals surface area contributed by atoms with Gasteiger partial charge in [-0.1, -0.05) is 6.07 Å². The van der Waals surface area contributed by atoms with E-state index in [2.05, 4.69) is 43.5 Å². The van der Waals surface area contributed by atoms with Crippen LogP contribution in [-0.2, 0) is 6.42 Å². The van der Waals surface area contributed by atoms with Crippen LogP contribution in [0.15, 0.2) is 60.9 Å². The fraction of sp³-hybridized carbons (Fsp3) is 0.100. The van der Waals surface area contributed by atoms with Gasteiger partial charge in [0.25, 0.3) is 0 Å². The SMILES string of the molecule is Cc1ccc2nnc(Cc3ccc4ncc(-c5ccc[nH]5)cc4c3)n2n1. The summed E-state index contributed by atoms with van der Waals surface area (Å²) in [5.41, 5.74) is 5.97. The number of nitrogens with one attached hydrogen (secondary N) is 1. The van der Waals surface area contributed by atoms with Crippen LogP contribution in [0.1, 0.15) is 17.1 Å². The van der Waals surface area contributed by atoms with E-state index in [9.17, 15) is 0 Å². The van der Waals surface area contributed by atoms with E-state index in [1.54, 1.807) is 0 Å². The molecule has 0 amide bonds. The Kier molecular flexibility index (Phi) is 3.28. The van der Waals surface area contributed by atoms with Gasteiger partial charge in [0.05, 0.1) is 11.2 Å². The third kappa shape index (κ3) is 2.52. The van der Waals surface area contributed by atoms with E-state index in [1.807, 2.05) is 54.2 Å². The Morgan fingerprint density at radius 2 is 2.00 bits per heavy atom. The van der Waals surface area contributed by atoms with E-state index in [4.69, 9.17) is 0 Å². The van der Waals surface area contributed by atoms with Gasteiger partial charge in [0, 0.05) is 35.5 Å². The first-order chi connectivity index (χ1) is 12.8. The summed E-state index contributed by atoms with van der Waals surface area (Å²) in [6, 6.07) is 16.4. The Bertz CT molecular complexity index is 1220. The summed E-state index contributed by atoms with van der Waals surface area (Å²) in [6.07, 6.45) is 4.48. The second-order valence-corrected chi connectivity index (χ2v) is 6.37. The van der Waals surface area contributed by atoms with Crippen LogP contribution in [0.3, 0.4) is 0 Å². The number of aromatic nitrogens is 6. The number of aryl methyl sites for hydroxylation is 1. The molecule has 0 saturated heterocycles. The maximum atomic E-state index is 4.57. The number of nitrogens with zero attached hydrogens (tertiary/aromatic N) is 5. The number of fused-ring (bicyclic) bond motifs is 2. The molecular formula is C20H16N6. The zero-order valence-electron chi connectivity index (χ0n) is 14.2. The third-order valence-electron chi connectivity index (χ3n) is 4.48. The molecular weight excluding hydrogens is 324 g/mol. The lowest BCUT2D eigenvalue weighted by atomic mass is 10.1. The van der Waals surface area contributed by atoms with E-state index >= 15 is 0 Å². The fourth-order valence-electron chi connectivity index (χ4n) is 3.17. The number of rotatable bonds is 3. The fourth-order valence-corrected chi connectivity index (χ4v) is 3.17. The Labute approximate surface area is 149 Å².